The molecular formula is C24H29NO. The van der Waals surface area contributed by atoms with E-state index in [-0.39, 0.29) is 0 Å². The topological polar surface area (TPSA) is 35.2 Å². The first-order chi connectivity index (χ1) is 12.6. The maximum absolute atomic E-state index is 6.42. The second-order valence-corrected chi connectivity index (χ2v) is 7.48. The van der Waals surface area contributed by atoms with Crippen LogP contribution in [0.4, 0.5) is 0 Å². The number of benzene rings is 2. The van der Waals surface area contributed by atoms with Crippen molar-refractivity contribution in [2.24, 2.45) is 5.73 Å². The first-order valence-electron chi connectivity index (χ1n) is 9.61. The Balaban J connectivity index is 2.06. The third-order valence-corrected chi connectivity index (χ3v) is 5.13. The van der Waals surface area contributed by atoms with Gasteiger partial charge in [0.15, 0.2) is 0 Å². The summed E-state index contributed by atoms with van der Waals surface area (Å²) >= 11 is 0. The summed E-state index contributed by atoms with van der Waals surface area (Å²) in [4.78, 5) is 0. The monoisotopic (exact) mass is 347 g/mol. The van der Waals surface area contributed by atoms with Crippen molar-refractivity contribution in [2.75, 3.05) is 0 Å². The van der Waals surface area contributed by atoms with E-state index in [0.717, 1.165) is 29.7 Å². The second kappa shape index (κ2) is 8.29. The van der Waals surface area contributed by atoms with Crippen LogP contribution in [0, 0.1) is 0 Å². The minimum absolute atomic E-state index is 0.337. The van der Waals surface area contributed by atoms with Crippen molar-refractivity contribution in [3.05, 3.63) is 71.6 Å². The molecule has 0 aliphatic heterocycles. The van der Waals surface area contributed by atoms with Crippen LogP contribution in [-0.2, 0) is 6.42 Å². The lowest BCUT2D eigenvalue weighted by atomic mass is 9.91. The molecule has 0 bridgehead atoms. The molecule has 2 aromatic carbocycles. The van der Waals surface area contributed by atoms with Crippen LogP contribution in [0.2, 0.25) is 0 Å². The van der Waals surface area contributed by atoms with Crippen molar-refractivity contribution in [2.45, 2.75) is 58.0 Å². The highest BCUT2D eigenvalue weighted by molar-refractivity contribution is 5.74. The molecule has 0 amide bonds. The van der Waals surface area contributed by atoms with Crippen LogP contribution < -0.4 is 10.5 Å². The van der Waals surface area contributed by atoms with Crippen LogP contribution in [0.3, 0.4) is 0 Å². The molecule has 3 rings (SSSR count). The summed E-state index contributed by atoms with van der Waals surface area (Å²) in [5, 5.41) is 0. The zero-order valence-corrected chi connectivity index (χ0v) is 15.9. The Morgan fingerprint density at radius 3 is 2.58 bits per heavy atom. The Morgan fingerprint density at radius 2 is 1.88 bits per heavy atom. The van der Waals surface area contributed by atoms with Gasteiger partial charge in [0.1, 0.15) is 5.75 Å². The molecule has 0 aromatic heterocycles. The molecule has 1 saturated carbocycles. The highest BCUT2D eigenvalue weighted by Crippen LogP contribution is 2.38. The zero-order chi connectivity index (χ0) is 18.5. The van der Waals surface area contributed by atoms with E-state index < -0.39 is 0 Å². The Labute approximate surface area is 157 Å². The predicted octanol–water partition coefficient (Wildman–Crippen LogP) is 5.97. The van der Waals surface area contributed by atoms with Gasteiger partial charge in [-0.05, 0) is 60.4 Å². The maximum Gasteiger partial charge on any atom is 0.127 e. The SMILES string of the molecule is C=C=C(N)Cc1ccc(OC2CCCC2)c(-c2ccccc2C(C)C)c1. The van der Waals surface area contributed by atoms with Gasteiger partial charge in [0.2, 0.25) is 0 Å². The predicted molar refractivity (Wildman–Crippen MR) is 109 cm³/mol. The standard InChI is InChI=1S/C24H29NO/c1-4-19(25)15-18-13-14-24(26-20-9-5-6-10-20)23(16-18)22-12-8-7-11-21(22)17(2)3/h7-8,11-14,16-17,20H,1,5-6,9-10,15,25H2,2-3H3. The van der Waals surface area contributed by atoms with Crippen molar-refractivity contribution in [3.63, 3.8) is 0 Å². The van der Waals surface area contributed by atoms with Gasteiger partial charge >= 0.3 is 0 Å². The summed E-state index contributed by atoms with van der Waals surface area (Å²) in [5.74, 6) is 1.43. The van der Waals surface area contributed by atoms with Gasteiger partial charge in [-0.25, -0.2) is 0 Å². The molecule has 2 aromatic rings. The molecule has 1 fully saturated rings. The summed E-state index contributed by atoms with van der Waals surface area (Å²) in [7, 11) is 0. The molecule has 0 radical (unpaired) electrons. The molecule has 136 valence electrons. The third kappa shape index (κ3) is 4.20. The largest absolute Gasteiger partial charge is 0.490 e. The number of nitrogens with two attached hydrogens (primary N) is 1. The number of allylic oxidation sites excluding steroid dienone is 1. The first-order valence-corrected chi connectivity index (χ1v) is 9.61. The summed E-state index contributed by atoms with van der Waals surface area (Å²) < 4.78 is 6.42. The molecule has 26 heavy (non-hydrogen) atoms. The molecule has 2 N–H and O–H groups in total. The highest BCUT2D eigenvalue weighted by atomic mass is 16.5. The van der Waals surface area contributed by atoms with Gasteiger partial charge in [0.05, 0.1) is 11.8 Å². The van der Waals surface area contributed by atoms with Crippen LogP contribution in [0.15, 0.2) is 60.5 Å². The third-order valence-electron chi connectivity index (χ3n) is 5.13. The Hall–Kier alpha value is -2.44. The van der Waals surface area contributed by atoms with E-state index in [2.05, 4.69) is 68.6 Å². The Bertz CT molecular complexity index is 809. The molecule has 0 atom stereocenters. The van der Waals surface area contributed by atoms with Crippen LogP contribution in [0.5, 0.6) is 5.75 Å². The maximum atomic E-state index is 6.42. The molecule has 0 unspecified atom stereocenters. The molecule has 1 aliphatic rings. The average molecular weight is 348 g/mol. The summed E-state index contributed by atoms with van der Waals surface area (Å²) in [6.07, 6.45) is 5.83. The van der Waals surface area contributed by atoms with E-state index in [1.807, 2.05) is 0 Å². The number of rotatable bonds is 6. The van der Waals surface area contributed by atoms with Gasteiger partial charge < -0.3 is 10.5 Å². The van der Waals surface area contributed by atoms with E-state index in [1.54, 1.807) is 0 Å². The van der Waals surface area contributed by atoms with Gasteiger partial charge in [0, 0.05) is 12.0 Å². The lowest BCUT2D eigenvalue weighted by Crippen LogP contribution is -2.12. The highest BCUT2D eigenvalue weighted by Gasteiger charge is 2.20. The van der Waals surface area contributed by atoms with Crippen LogP contribution in [0.1, 0.15) is 56.6 Å². The first kappa shape index (κ1) is 18.4. The second-order valence-electron chi connectivity index (χ2n) is 7.48. The number of ether oxygens (including phenoxy) is 1. The molecular weight excluding hydrogens is 318 g/mol. The summed E-state index contributed by atoms with van der Waals surface area (Å²) in [5.41, 5.74) is 14.3. The van der Waals surface area contributed by atoms with Crippen molar-refractivity contribution < 1.29 is 4.74 Å². The van der Waals surface area contributed by atoms with Gasteiger partial charge in [-0.3, -0.25) is 0 Å². The quantitative estimate of drug-likeness (QED) is 0.654. The average Bonchev–Trinajstić information content (AvgIpc) is 3.16. The zero-order valence-electron chi connectivity index (χ0n) is 15.9. The van der Waals surface area contributed by atoms with E-state index in [9.17, 15) is 0 Å². The van der Waals surface area contributed by atoms with Gasteiger partial charge in [-0.1, -0.05) is 50.8 Å². The van der Waals surface area contributed by atoms with E-state index >= 15 is 0 Å². The fraction of sp³-hybridized carbons (Fsp3) is 0.375. The molecule has 2 nitrogen and oxygen atoms in total. The minimum Gasteiger partial charge on any atom is -0.490 e. The van der Waals surface area contributed by atoms with Gasteiger partial charge in [-0.2, -0.15) is 0 Å². The van der Waals surface area contributed by atoms with Crippen molar-refractivity contribution in [1.29, 1.82) is 0 Å². The molecule has 0 heterocycles. The van der Waals surface area contributed by atoms with Gasteiger partial charge in [-0.15, -0.1) is 5.73 Å². The molecule has 0 saturated heterocycles. The van der Waals surface area contributed by atoms with E-state index in [0.29, 0.717) is 24.1 Å². The van der Waals surface area contributed by atoms with Crippen molar-refractivity contribution in [1.82, 2.24) is 0 Å². The van der Waals surface area contributed by atoms with Crippen LogP contribution in [-0.4, -0.2) is 6.10 Å². The Kier molecular flexibility index (Phi) is 5.85. The number of hydrogen-bond acceptors (Lipinski definition) is 2. The fourth-order valence-corrected chi connectivity index (χ4v) is 3.71. The normalized spacial score (nSPS) is 14.4. The van der Waals surface area contributed by atoms with E-state index in [4.69, 9.17) is 10.5 Å². The van der Waals surface area contributed by atoms with Crippen molar-refractivity contribution >= 4 is 0 Å². The van der Waals surface area contributed by atoms with Crippen molar-refractivity contribution in [3.8, 4) is 16.9 Å². The summed E-state index contributed by atoms with van der Waals surface area (Å²) in [6.45, 7) is 8.12. The molecule has 1 aliphatic carbocycles. The van der Waals surface area contributed by atoms with Crippen LogP contribution in [0.25, 0.3) is 11.1 Å². The number of hydrogen-bond donors (Lipinski definition) is 1. The summed E-state index contributed by atoms with van der Waals surface area (Å²) in [6, 6.07) is 15.1. The van der Waals surface area contributed by atoms with E-state index in [1.165, 1.54) is 24.0 Å². The lowest BCUT2D eigenvalue weighted by molar-refractivity contribution is 0.211. The minimum atomic E-state index is 0.337. The van der Waals surface area contributed by atoms with Gasteiger partial charge in [0.25, 0.3) is 0 Å². The molecule has 0 spiro atoms. The molecule has 2 heteroatoms. The fourth-order valence-electron chi connectivity index (χ4n) is 3.71. The Morgan fingerprint density at radius 1 is 1.15 bits per heavy atom. The lowest BCUT2D eigenvalue weighted by Gasteiger charge is -2.20. The van der Waals surface area contributed by atoms with Crippen LogP contribution >= 0.6 is 0 Å². The smallest absolute Gasteiger partial charge is 0.127 e.